The third-order valence-corrected chi connectivity index (χ3v) is 6.43. The molecule has 1 aromatic carbocycles. The first kappa shape index (κ1) is 17.3. The SMILES string of the molecule is C[C@H](c1ccc(Cl)cc1)N(C)C(=O)CN1C(=O)[C@@H]2[C@@H](C1=O)[C@H]1C=C[C@H]2C1. The summed E-state index contributed by atoms with van der Waals surface area (Å²) in [5.74, 6) is -0.807. The molecule has 3 aliphatic rings. The number of carbonyl (C=O) groups is 3. The fraction of sp³-hybridized carbons (Fsp3) is 0.450. The lowest BCUT2D eigenvalue weighted by Gasteiger charge is -2.27. The van der Waals surface area contributed by atoms with Gasteiger partial charge in [-0.2, -0.15) is 0 Å². The number of rotatable bonds is 4. The Morgan fingerprint density at radius 2 is 1.69 bits per heavy atom. The van der Waals surface area contributed by atoms with Gasteiger partial charge in [0.05, 0.1) is 17.9 Å². The predicted molar refractivity (Wildman–Crippen MR) is 97.1 cm³/mol. The molecule has 0 radical (unpaired) electrons. The summed E-state index contributed by atoms with van der Waals surface area (Å²) in [5.41, 5.74) is 0.948. The van der Waals surface area contributed by atoms with Crippen LogP contribution >= 0.6 is 11.6 Å². The van der Waals surface area contributed by atoms with Crippen LogP contribution in [0.3, 0.4) is 0 Å². The molecule has 2 aliphatic carbocycles. The van der Waals surface area contributed by atoms with Crippen molar-refractivity contribution in [1.29, 1.82) is 0 Å². The van der Waals surface area contributed by atoms with Crippen molar-refractivity contribution in [2.24, 2.45) is 23.7 Å². The number of fused-ring (bicyclic) bond motifs is 5. The Morgan fingerprint density at radius 3 is 2.23 bits per heavy atom. The molecule has 4 rings (SSSR count). The van der Waals surface area contributed by atoms with Crippen molar-refractivity contribution in [3.8, 4) is 0 Å². The van der Waals surface area contributed by atoms with E-state index >= 15 is 0 Å². The van der Waals surface area contributed by atoms with Gasteiger partial charge in [0.25, 0.3) is 0 Å². The Bertz CT molecular complexity index is 774. The number of allylic oxidation sites excluding steroid dienone is 2. The second-order valence-corrected chi connectivity index (χ2v) is 7.93. The molecule has 5 atom stereocenters. The van der Waals surface area contributed by atoms with Crippen molar-refractivity contribution in [3.63, 3.8) is 0 Å². The van der Waals surface area contributed by atoms with Crippen LogP contribution in [0.2, 0.25) is 5.02 Å². The molecule has 5 nitrogen and oxygen atoms in total. The van der Waals surface area contributed by atoms with Crippen molar-refractivity contribution in [3.05, 3.63) is 47.0 Å². The maximum absolute atomic E-state index is 12.7. The minimum Gasteiger partial charge on any atom is -0.337 e. The number of likely N-dealkylation sites (tertiary alicyclic amines) is 1. The number of nitrogens with zero attached hydrogens (tertiary/aromatic N) is 2. The van der Waals surface area contributed by atoms with Crippen LogP contribution in [0.25, 0.3) is 0 Å². The summed E-state index contributed by atoms with van der Waals surface area (Å²) in [6, 6.07) is 7.13. The molecule has 2 bridgehead atoms. The van der Waals surface area contributed by atoms with Crippen LogP contribution < -0.4 is 0 Å². The summed E-state index contributed by atoms with van der Waals surface area (Å²) in [7, 11) is 1.69. The molecule has 6 heteroatoms. The highest BCUT2D eigenvalue weighted by molar-refractivity contribution is 6.30. The standard InChI is InChI=1S/C20H21ClN2O3/c1-11(12-5-7-15(21)8-6-12)22(2)16(24)10-23-19(25)17-13-3-4-14(9-13)18(17)20(23)26/h3-8,11,13-14,17-18H,9-10H2,1-2H3/t11-,13+,14+,17+,18+/m1/s1. The summed E-state index contributed by atoms with van der Waals surface area (Å²) >= 11 is 5.91. The van der Waals surface area contributed by atoms with Crippen LogP contribution in [0.4, 0.5) is 0 Å². The first-order valence-electron chi connectivity index (χ1n) is 8.93. The van der Waals surface area contributed by atoms with Crippen molar-refractivity contribution in [2.75, 3.05) is 13.6 Å². The van der Waals surface area contributed by atoms with E-state index in [1.165, 1.54) is 4.90 Å². The minimum atomic E-state index is -0.260. The molecular weight excluding hydrogens is 352 g/mol. The predicted octanol–water partition coefficient (Wildman–Crippen LogP) is 2.67. The zero-order valence-electron chi connectivity index (χ0n) is 14.8. The number of amides is 3. The smallest absolute Gasteiger partial charge is 0.242 e. The molecule has 26 heavy (non-hydrogen) atoms. The van der Waals surface area contributed by atoms with Gasteiger partial charge in [-0.05, 0) is 42.9 Å². The zero-order valence-corrected chi connectivity index (χ0v) is 15.5. The fourth-order valence-corrected chi connectivity index (χ4v) is 4.67. The Hall–Kier alpha value is -2.14. The lowest BCUT2D eigenvalue weighted by molar-refractivity contribution is -0.147. The highest BCUT2D eigenvalue weighted by atomic mass is 35.5. The maximum atomic E-state index is 12.7. The Kier molecular flexibility index (Phi) is 4.14. The number of halogens is 1. The van der Waals surface area contributed by atoms with Crippen LogP contribution in [-0.2, 0) is 14.4 Å². The van der Waals surface area contributed by atoms with Crippen LogP contribution in [0.5, 0.6) is 0 Å². The third-order valence-electron chi connectivity index (χ3n) is 6.18. The zero-order chi connectivity index (χ0) is 18.6. The van der Waals surface area contributed by atoms with Gasteiger partial charge in [0, 0.05) is 12.1 Å². The Labute approximate surface area is 157 Å². The maximum Gasteiger partial charge on any atom is 0.242 e. The Balaban J connectivity index is 1.45. The topological polar surface area (TPSA) is 57.7 Å². The molecule has 1 aromatic rings. The van der Waals surface area contributed by atoms with Crippen LogP contribution in [0, 0.1) is 23.7 Å². The molecule has 0 N–H and O–H groups in total. The number of hydrogen-bond acceptors (Lipinski definition) is 3. The number of likely N-dealkylation sites (N-methyl/N-ethyl adjacent to an activating group) is 1. The van der Waals surface area contributed by atoms with Gasteiger partial charge >= 0.3 is 0 Å². The van der Waals surface area contributed by atoms with E-state index < -0.39 is 0 Å². The molecule has 1 saturated heterocycles. The molecule has 0 spiro atoms. The van der Waals surface area contributed by atoms with E-state index in [4.69, 9.17) is 11.6 Å². The third kappa shape index (κ3) is 2.57. The van der Waals surface area contributed by atoms with Crippen LogP contribution in [-0.4, -0.2) is 41.1 Å². The second-order valence-electron chi connectivity index (χ2n) is 7.49. The van der Waals surface area contributed by atoms with E-state index in [1.807, 2.05) is 19.1 Å². The number of imide groups is 1. The van der Waals surface area contributed by atoms with E-state index in [0.717, 1.165) is 12.0 Å². The molecule has 0 aromatic heterocycles. The van der Waals surface area contributed by atoms with Gasteiger partial charge in [-0.25, -0.2) is 0 Å². The highest BCUT2D eigenvalue weighted by Crippen LogP contribution is 2.52. The van der Waals surface area contributed by atoms with E-state index in [0.29, 0.717) is 5.02 Å². The van der Waals surface area contributed by atoms with Gasteiger partial charge in [-0.15, -0.1) is 0 Å². The molecular formula is C20H21ClN2O3. The number of hydrogen-bond donors (Lipinski definition) is 0. The summed E-state index contributed by atoms with van der Waals surface area (Å²) in [5, 5.41) is 0.637. The van der Waals surface area contributed by atoms with Gasteiger partial charge in [-0.1, -0.05) is 35.9 Å². The lowest BCUT2D eigenvalue weighted by Crippen LogP contribution is -2.43. The minimum absolute atomic E-state index is 0.160. The molecule has 1 aliphatic heterocycles. The van der Waals surface area contributed by atoms with E-state index in [2.05, 4.69) is 12.2 Å². The lowest BCUT2D eigenvalue weighted by atomic mass is 9.85. The average molecular weight is 373 g/mol. The van der Waals surface area contributed by atoms with Crippen LogP contribution in [0.15, 0.2) is 36.4 Å². The van der Waals surface area contributed by atoms with E-state index in [1.54, 1.807) is 24.1 Å². The molecule has 136 valence electrons. The van der Waals surface area contributed by atoms with Crippen molar-refractivity contribution in [1.82, 2.24) is 9.80 Å². The quantitative estimate of drug-likeness (QED) is 0.603. The number of carbonyl (C=O) groups excluding carboxylic acids is 3. The fourth-order valence-electron chi connectivity index (χ4n) is 4.55. The van der Waals surface area contributed by atoms with Crippen molar-refractivity contribution >= 4 is 29.3 Å². The summed E-state index contributed by atoms with van der Waals surface area (Å²) in [6.45, 7) is 1.73. The summed E-state index contributed by atoms with van der Waals surface area (Å²) < 4.78 is 0. The largest absolute Gasteiger partial charge is 0.337 e. The van der Waals surface area contributed by atoms with Gasteiger partial charge in [0.1, 0.15) is 6.54 Å². The average Bonchev–Trinajstić information content (AvgIpc) is 3.31. The normalized spacial score (nSPS) is 30.0. The summed E-state index contributed by atoms with van der Waals surface area (Å²) in [4.78, 5) is 40.9. The van der Waals surface area contributed by atoms with Crippen molar-refractivity contribution in [2.45, 2.75) is 19.4 Å². The first-order chi connectivity index (χ1) is 12.4. The molecule has 2 fully saturated rings. The van der Waals surface area contributed by atoms with Gasteiger partial charge in [0.15, 0.2) is 0 Å². The highest BCUT2D eigenvalue weighted by Gasteiger charge is 2.59. The van der Waals surface area contributed by atoms with E-state index in [9.17, 15) is 14.4 Å². The molecule has 0 unspecified atom stereocenters. The summed E-state index contributed by atoms with van der Waals surface area (Å²) in [6.07, 6.45) is 5.00. The number of benzene rings is 1. The van der Waals surface area contributed by atoms with Crippen molar-refractivity contribution < 1.29 is 14.4 Å². The van der Waals surface area contributed by atoms with Gasteiger partial charge in [0.2, 0.25) is 17.7 Å². The first-order valence-corrected chi connectivity index (χ1v) is 9.31. The second kappa shape index (κ2) is 6.23. The van der Waals surface area contributed by atoms with Gasteiger partial charge in [-0.3, -0.25) is 19.3 Å². The molecule has 3 amide bonds. The van der Waals surface area contributed by atoms with Gasteiger partial charge < -0.3 is 4.90 Å². The molecule has 1 saturated carbocycles. The molecule has 1 heterocycles. The Morgan fingerprint density at radius 1 is 1.15 bits per heavy atom. The van der Waals surface area contributed by atoms with Crippen LogP contribution in [0.1, 0.15) is 24.9 Å². The van der Waals surface area contributed by atoms with E-state index in [-0.39, 0.29) is 54.0 Å². The monoisotopic (exact) mass is 372 g/mol.